The molecular weight excluding hydrogens is 388 g/mol. The van der Waals surface area contributed by atoms with Crippen molar-refractivity contribution in [2.45, 2.75) is 50.2 Å². The number of ether oxygens (including phenoxy) is 4. The third-order valence-electron chi connectivity index (χ3n) is 5.04. The number of hydrogen-bond donors (Lipinski definition) is 2. The van der Waals surface area contributed by atoms with E-state index in [1.165, 1.54) is 7.11 Å². The van der Waals surface area contributed by atoms with Gasteiger partial charge < -0.3 is 29.2 Å². The molecule has 1 saturated heterocycles. The van der Waals surface area contributed by atoms with Crippen molar-refractivity contribution in [3.63, 3.8) is 0 Å². The van der Waals surface area contributed by atoms with E-state index in [4.69, 9.17) is 18.9 Å². The fraction of sp³-hybridized carbons (Fsp3) is 0.435. The highest BCUT2D eigenvalue weighted by molar-refractivity contribution is 5.74. The lowest BCUT2D eigenvalue weighted by molar-refractivity contribution is -0.224. The Morgan fingerprint density at radius 3 is 2.23 bits per heavy atom. The van der Waals surface area contributed by atoms with Gasteiger partial charge in [0.1, 0.15) is 18.3 Å². The van der Waals surface area contributed by atoms with Crippen LogP contribution >= 0.6 is 0 Å². The number of aliphatic hydroxyl groups is 2. The third-order valence-corrected chi connectivity index (χ3v) is 5.04. The molecule has 3 rings (SSSR count). The molecule has 2 aromatic rings. The van der Waals surface area contributed by atoms with Gasteiger partial charge in [-0.25, -0.2) is 4.79 Å². The summed E-state index contributed by atoms with van der Waals surface area (Å²) in [5.41, 5.74) is 1.94. The van der Waals surface area contributed by atoms with Gasteiger partial charge in [-0.3, -0.25) is 0 Å². The first-order chi connectivity index (χ1) is 14.6. The van der Waals surface area contributed by atoms with E-state index in [9.17, 15) is 15.0 Å². The van der Waals surface area contributed by atoms with Crippen molar-refractivity contribution in [2.24, 2.45) is 0 Å². The molecule has 0 amide bonds. The fourth-order valence-corrected chi connectivity index (χ4v) is 3.38. The lowest BCUT2D eigenvalue weighted by atomic mass is 9.94. The maximum atomic E-state index is 12.0. The largest absolute Gasteiger partial charge is 0.467 e. The lowest BCUT2D eigenvalue weighted by Crippen LogP contribution is -2.56. The molecule has 5 atom stereocenters. The van der Waals surface area contributed by atoms with Crippen molar-refractivity contribution in [1.82, 2.24) is 0 Å². The first-order valence-corrected chi connectivity index (χ1v) is 9.95. The van der Waals surface area contributed by atoms with Gasteiger partial charge in [0.2, 0.25) is 0 Å². The Morgan fingerprint density at radius 2 is 1.63 bits per heavy atom. The number of rotatable bonds is 9. The van der Waals surface area contributed by atoms with Crippen LogP contribution in [0.15, 0.2) is 60.7 Å². The van der Waals surface area contributed by atoms with Gasteiger partial charge in [-0.05, 0) is 11.1 Å². The van der Waals surface area contributed by atoms with E-state index in [1.807, 2.05) is 60.7 Å². The molecule has 7 heteroatoms. The van der Waals surface area contributed by atoms with E-state index in [0.717, 1.165) is 11.1 Å². The van der Waals surface area contributed by atoms with Gasteiger partial charge in [-0.1, -0.05) is 60.7 Å². The number of methoxy groups -OCH3 is 1. The summed E-state index contributed by atoms with van der Waals surface area (Å²) in [5.74, 6) is -0.599. The zero-order valence-electron chi connectivity index (χ0n) is 16.9. The maximum Gasteiger partial charge on any atom is 0.335 e. The summed E-state index contributed by atoms with van der Waals surface area (Å²) >= 11 is 0. The number of aliphatic hydroxyl groups excluding tert-OH is 2. The highest BCUT2D eigenvalue weighted by atomic mass is 16.6. The summed E-state index contributed by atoms with van der Waals surface area (Å²) < 4.78 is 22.4. The quantitative estimate of drug-likeness (QED) is 0.603. The SMILES string of the molecule is COC(=O)C1C[C@@H](O)[C@@H](O)[C@H]([C@@H](COCc2ccccc2)OCc2ccccc2)O1. The number of carbonyl (C=O) groups excluding carboxylic acids is 1. The molecule has 1 fully saturated rings. The van der Waals surface area contributed by atoms with Gasteiger partial charge in [-0.15, -0.1) is 0 Å². The van der Waals surface area contributed by atoms with Crippen LogP contribution in [0.3, 0.4) is 0 Å². The summed E-state index contributed by atoms with van der Waals surface area (Å²) in [4.78, 5) is 12.0. The second-order valence-electron chi connectivity index (χ2n) is 7.24. The van der Waals surface area contributed by atoms with Crippen molar-refractivity contribution in [1.29, 1.82) is 0 Å². The van der Waals surface area contributed by atoms with E-state index in [0.29, 0.717) is 6.61 Å². The Kier molecular flexibility index (Phi) is 8.36. The molecule has 0 aliphatic carbocycles. The summed E-state index contributed by atoms with van der Waals surface area (Å²) in [6, 6.07) is 19.2. The zero-order valence-corrected chi connectivity index (χ0v) is 16.9. The van der Waals surface area contributed by atoms with Crippen molar-refractivity contribution >= 4 is 5.97 Å². The van der Waals surface area contributed by atoms with Crippen LogP contribution in [-0.2, 0) is 37.0 Å². The standard InChI is InChI=1S/C23H28O7/c1-27-23(26)19-12-18(24)21(25)22(30-19)20(29-14-17-10-6-3-7-11-17)15-28-13-16-8-4-2-5-9-16/h2-11,18-22,24-25H,12-15H2,1H3/t18-,19?,20-,21-,22+/m1/s1. The molecule has 162 valence electrons. The van der Waals surface area contributed by atoms with Gasteiger partial charge in [0.15, 0.2) is 6.10 Å². The van der Waals surface area contributed by atoms with Crippen LogP contribution in [0.1, 0.15) is 17.5 Å². The van der Waals surface area contributed by atoms with Crippen LogP contribution in [0.5, 0.6) is 0 Å². The van der Waals surface area contributed by atoms with Crippen LogP contribution < -0.4 is 0 Å². The van der Waals surface area contributed by atoms with Gasteiger partial charge in [0.05, 0.1) is 33.0 Å². The van der Waals surface area contributed by atoms with Crippen LogP contribution in [0, 0.1) is 0 Å². The second kappa shape index (κ2) is 11.2. The van der Waals surface area contributed by atoms with E-state index in [1.54, 1.807) is 0 Å². The smallest absolute Gasteiger partial charge is 0.335 e. The topological polar surface area (TPSA) is 94.5 Å². The summed E-state index contributed by atoms with van der Waals surface area (Å²) in [7, 11) is 1.25. The average molecular weight is 416 g/mol. The van der Waals surface area contributed by atoms with E-state index in [2.05, 4.69) is 0 Å². The molecule has 2 aromatic carbocycles. The summed E-state index contributed by atoms with van der Waals surface area (Å²) in [6.45, 7) is 0.744. The van der Waals surface area contributed by atoms with Gasteiger partial charge in [-0.2, -0.15) is 0 Å². The average Bonchev–Trinajstić information content (AvgIpc) is 2.79. The van der Waals surface area contributed by atoms with E-state index in [-0.39, 0.29) is 19.6 Å². The molecule has 0 aromatic heterocycles. The second-order valence-corrected chi connectivity index (χ2v) is 7.24. The van der Waals surface area contributed by atoms with Gasteiger partial charge in [0, 0.05) is 6.42 Å². The molecule has 30 heavy (non-hydrogen) atoms. The molecule has 1 aliphatic rings. The highest BCUT2D eigenvalue weighted by Gasteiger charge is 2.44. The maximum absolute atomic E-state index is 12.0. The minimum atomic E-state index is -1.22. The van der Waals surface area contributed by atoms with Gasteiger partial charge in [0.25, 0.3) is 0 Å². The zero-order chi connectivity index (χ0) is 21.3. The molecule has 0 radical (unpaired) electrons. The van der Waals surface area contributed by atoms with Crippen molar-refractivity contribution < 1.29 is 34.0 Å². The monoisotopic (exact) mass is 416 g/mol. The normalized spacial score (nSPS) is 24.9. The third kappa shape index (κ3) is 6.10. The minimum Gasteiger partial charge on any atom is -0.467 e. The van der Waals surface area contributed by atoms with Gasteiger partial charge >= 0.3 is 5.97 Å². The molecule has 0 spiro atoms. The molecule has 0 bridgehead atoms. The van der Waals surface area contributed by atoms with Crippen molar-refractivity contribution in [3.8, 4) is 0 Å². The predicted octanol–water partition coefficient (Wildman–Crippen LogP) is 1.84. The Morgan fingerprint density at radius 1 is 1.03 bits per heavy atom. The predicted molar refractivity (Wildman–Crippen MR) is 108 cm³/mol. The minimum absolute atomic E-state index is 0.0411. The molecule has 1 aliphatic heterocycles. The first-order valence-electron chi connectivity index (χ1n) is 9.95. The molecule has 7 nitrogen and oxygen atoms in total. The summed E-state index contributed by atoms with van der Waals surface area (Å²) in [6.07, 6.45) is -5.02. The summed E-state index contributed by atoms with van der Waals surface area (Å²) in [5, 5.41) is 20.8. The van der Waals surface area contributed by atoms with Crippen LogP contribution in [0.4, 0.5) is 0 Å². The Labute approximate surface area is 176 Å². The number of benzene rings is 2. The molecule has 2 N–H and O–H groups in total. The first kappa shape index (κ1) is 22.4. The van der Waals surface area contributed by atoms with E-state index < -0.39 is 36.5 Å². The number of esters is 1. The molecule has 1 unspecified atom stereocenters. The highest BCUT2D eigenvalue weighted by Crippen LogP contribution is 2.26. The van der Waals surface area contributed by atoms with Crippen LogP contribution in [0.2, 0.25) is 0 Å². The van der Waals surface area contributed by atoms with Crippen LogP contribution in [0.25, 0.3) is 0 Å². The van der Waals surface area contributed by atoms with Crippen LogP contribution in [-0.4, -0.2) is 60.4 Å². The van der Waals surface area contributed by atoms with Crippen molar-refractivity contribution in [3.05, 3.63) is 71.8 Å². The molecular formula is C23H28O7. The fourth-order valence-electron chi connectivity index (χ4n) is 3.38. The number of hydrogen-bond acceptors (Lipinski definition) is 7. The Balaban J connectivity index is 1.69. The van der Waals surface area contributed by atoms with Crippen molar-refractivity contribution in [2.75, 3.05) is 13.7 Å². The number of carbonyl (C=O) groups is 1. The Hall–Kier alpha value is -2.29. The molecule has 0 saturated carbocycles. The molecule has 1 heterocycles. The Bertz CT molecular complexity index is 768. The lowest BCUT2D eigenvalue weighted by Gasteiger charge is -2.39. The van der Waals surface area contributed by atoms with E-state index >= 15 is 0 Å².